The van der Waals surface area contributed by atoms with Gasteiger partial charge in [-0.05, 0) is 38.1 Å². The summed E-state index contributed by atoms with van der Waals surface area (Å²) in [6, 6.07) is 10.9. The van der Waals surface area contributed by atoms with Crippen molar-refractivity contribution in [3.05, 3.63) is 70.8 Å². The Balaban J connectivity index is 1.66. The highest BCUT2D eigenvalue weighted by atomic mass is 35.5. The summed E-state index contributed by atoms with van der Waals surface area (Å²) in [7, 11) is 0. The molecular formula is C20H17ClN6O. The topological polar surface area (TPSA) is 85.1 Å². The van der Waals surface area contributed by atoms with Crippen LogP contribution in [0.2, 0.25) is 5.02 Å². The summed E-state index contributed by atoms with van der Waals surface area (Å²) in [5, 5.41) is 7.88. The zero-order chi connectivity index (χ0) is 19.7. The second kappa shape index (κ2) is 7.36. The van der Waals surface area contributed by atoms with Gasteiger partial charge in [-0.1, -0.05) is 23.7 Å². The average Bonchev–Trinajstić information content (AvgIpc) is 3.12. The van der Waals surface area contributed by atoms with E-state index in [1.165, 1.54) is 0 Å². The Morgan fingerprint density at radius 1 is 1.14 bits per heavy atom. The van der Waals surface area contributed by atoms with E-state index in [2.05, 4.69) is 25.4 Å². The maximum atomic E-state index is 12.6. The van der Waals surface area contributed by atoms with Gasteiger partial charge in [-0.15, -0.1) is 5.10 Å². The SMILES string of the molecule is Cc1nc2nc(-c3cccnc3)nn2c(C)c1CC(=O)Nc1ccccc1Cl. The smallest absolute Gasteiger partial charge is 0.253 e. The summed E-state index contributed by atoms with van der Waals surface area (Å²) in [5.41, 5.74) is 3.75. The number of nitrogens with one attached hydrogen (secondary N) is 1. The largest absolute Gasteiger partial charge is 0.324 e. The Kier molecular flexibility index (Phi) is 4.75. The Morgan fingerprint density at radius 3 is 2.71 bits per heavy atom. The molecule has 0 saturated carbocycles. The summed E-state index contributed by atoms with van der Waals surface area (Å²) in [6.45, 7) is 3.77. The number of para-hydroxylation sites is 1. The number of fused-ring (bicyclic) bond motifs is 1. The predicted molar refractivity (Wildman–Crippen MR) is 107 cm³/mol. The van der Waals surface area contributed by atoms with Crippen LogP contribution in [0.5, 0.6) is 0 Å². The molecule has 0 unspecified atom stereocenters. The Hall–Kier alpha value is -3.32. The molecule has 28 heavy (non-hydrogen) atoms. The molecule has 7 nitrogen and oxygen atoms in total. The van der Waals surface area contributed by atoms with Gasteiger partial charge < -0.3 is 5.32 Å². The second-order valence-electron chi connectivity index (χ2n) is 6.35. The van der Waals surface area contributed by atoms with Crippen molar-refractivity contribution in [3.63, 3.8) is 0 Å². The Labute approximate surface area is 166 Å². The molecule has 8 heteroatoms. The fraction of sp³-hybridized carbons (Fsp3) is 0.150. The Morgan fingerprint density at radius 2 is 1.96 bits per heavy atom. The van der Waals surface area contributed by atoms with Crippen molar-refractivity contribution in [1.29, 1.82) is 0 Å². The van der Waals surface area contributed by atoms with Crippen LogP contribution in [0, 0.1) is 13.8 Å². The van der Waals surface area contributed by atoms with Gasteiger partial charge in [-0.2, -0.15) is 4.98 Å². The molecule has 0 saturated heterocycles. The van der Waals surface area contributed by atoms with E-state index in [1.807, 2.05) is 38.1 Å². The lowest BCUT2D eigenvalue weighted by Crippen LogP contribution is -2.18. The van der Waals surface area contributed by atoms with Gasteiger partial charge in [0, 0.05) is 34.9 Å². The summed E-state index contributed by atoms with van der Waals surface area (Å²) in [4.78, 5) is 25.7. The first kappa shape index (κ1) is 18.1. The van der Waals surface area contributed by atoms with E-state index in [-0.39, 0.29) is 12.3 Å². The van der Waals surface area contributed by atoms with Crippen LogP contribution in [-0.4, -0.2) is 30.5 Å². The maximum absolute atomic E-state index is 12.6. The van der Waals surface area contributed by atoms with Crippen LogP contribution in [0.25, 0.3) is 17.2 Å². The van der Waals surface area contributed by atoms with Crippen molar-refractivity contribution in [1.82, 2.24) is 24.6 Å². The minimum atomic E-state index is -0.173. The zero-order valence-corrected chi connectivity index (χ0v) is 16.1. The van der Waals surface area contributed by atoms with Crippen LogP contribution in [0.15, 0.2) is 48.8 Å². The number of hydrogen-bond acceptors (Lipinski definition) is 5. The monoisotopic (exact) mass is 392 g/mol. The number of nitrogens with zero attached hydrogens (tertiary/aromatic N) is 5. The number of halogens is 1. The number of aryl methyl sites for hydroxylation is 2. The molecule has 0 atom stereocenters. The first-order valence-corrected chi connectivity index (χ1v) is 9.08. The van der Waals surface area contributed by atoms with Gasteiger partial charge in [0.15, 0.2) is 5.82 Å². The number of benzene rings is 1. The molecule has 0 aliphatic heterocycles. The summed E-state index contributed by atoms with van der Waals surface area (Å²) >= 11 is 6.12. The van der Waals surface area contributed by atoms with Gasteiger partial charge in [0.25, 0.3) is 5.78 Å². The molecule has 0 aliphatic carbocycles. The molecule has 1 aromatic carbocycles. The number of carbonyl (C=O) groups excluding carboxylic acids is 1. The number of hydrogen-bond donors (Lipinski definition) is 1. The molecule has 0 aliphatic rings. The molecule has 4 aromatic rings. The minimum absolute atomic E-state index is 0.161. The van der Waals surface area contributed by atoms with E-state index in [0.717, 1.165) is 22.5 Å². The molecule has 0 radical (unpaired) electrons. The zero-order valence-electron chi connectivity index (χ0n) is 15.3. The highest BCUT2D eigenvalue weighted by Gasteiger charge is 2.17. The molecule has 3 heterocycles. The first-order chi connectivity index (χ1) is 13.5. The summed E-state index contributed by atoms with van der Waals surface area (Å²) in [6.07, 6.45) is 3.56. The number of rotatable bonds is 4. The average molecular weight is 393 g/mol. The normalized spacial score (nSPS) is 11.0. The van der Waals surface area contributed by atoms with Gasteiger partial charge in [0.1, 0.15) is 0 Å². The molecular weight excluding hydrogens is 376 g/mol. The van der Waals surface area contributed by atoms with E-state index in [1.54, 1.807) is 29.0 Å². The minimum Gasteiger partial charge on any atom is -0.324 e. The van der Waals surface area contributed by atoms with Gasteiger partial charge >= 0.3 is 0 Å². The lowest BCUT2D eigenvalue weighted by molar-refractivity contribution is -0.115. The lowest BCUT2D eigenvalue weighted by atomic mass is 10.1. The number of carbonyl (C=O) groups is 1. The third-order valence-corrected chi connectivity index (χ3v) is 4.78. The van der Waals surface area contributed by atoms with Crippen LogP contribution >= 0.6 is 11.6 Å². The van der Waals surface area contributed by atoms with E-state index in [9.17, 15) is 4.79 Å². The van der Waals surface area contributed by atoms with E-state index >= 15 is 0 Å². The maximum Gasteiger partial charge on any atom is 0.253 e. The lowest BCUT2D eigenvalue weighted by Gasteiger charge is -2.11. The van der Waals surface area contributed by atoms with Crippen LogP contribution in [0.1, 0.15) is 17.0 Å². The number of pyridine rings is 1. The summed E-state index contributed by atoms with van der Waals surface area (Å²) in [5.74, 6) is 0.859. The van der Waals surface area contributed by atoms with Crippen molar-refractivity contribution in [3.8, 4) is 11.4 Å². The first-order valence-electron chi connectivity index (χ1n) is 8.70. The summed E-state index contributed by atoms with van der Waals surface area (Å²) < 4.78 is 1.66. The van der Waals surface area contributed by atoms with Gasteiger partial charge in [0.2, 0.25) is 5.91 Å². The van der Waals surface area contributed by atoms with E-state index in [0.29, 0.717) is 22.3 Å². The van der Waals surface area contributed by atoms with Crippen LogP contribution in [0.4, 0.5) is 5.69 Å². The van der Waals surface area contributed by atoms with Crippen molar-refractivity contribution in [2.75, 3.05) is 5.32 Å². The van der Waals surface area contributed by atoms with Crippen molar-refractivity contribution < 1.29 is 4.79 Å². The van der Waals surface area contributed by atoms with Crippen molar-refractivity contribution in [2.45, 2.75) is 20.3 Å². The van der Waals surface area contributed by atoms with Crippen molar-refractivity contribution in [2.24, 2.45) is 0 Å². The molecule has 0 bridgehead atoms. The van der Waals surface area contributed by atoms with Gasteiger partial charge in [0.05, 0.1) is 17.1 Å². The molecule has 3 aromatic heterocycles. The third-order valence-electron chi connectivity index (χ3n) is 4.45. The molecule has 0 spiro atoms. The van der Waals surface area contributed by atoms with Crippen LogP contribution < -0.4 is 5.32 Å². The van der Waals surface area contributed by atoms with E-state index < -0.39 is 0 Å². The van der Waals surface area contributed by atoms with Gasteiger partial charge in [-0.25, -0.2) is 9.50 Å². The molecule has 0 fully saturated rings. The highest BCUT2D eigenvalue weighted by Crippen LogP contribution is 2.22. The number of amides is 1. The predicted octanol–water partition coefficient (Wildman–Crippen LogP) is 3.64. The fourth-order valence-corrected chi connectivity index (χ4v) is 3.18. The standard InChI is InChI=1S/C20H17ClN6O/c1-12-15(10-18(28)24-17-8-4-3-7-16(17)21)13(2)27-20(23-12)25-19(26-27)14-6-5-9-22-11-14/h3-9,11H,10H2,1-2H3,(H,24,28). The quantitative estimate of drug-likeness (QED) is 0.573. The van der Waals surface area contributed by atoms with E-state index in [4.69, 9.17) is 11.6 Å². The van der Waals surface area contributed by atoms with Gasteiger partial charge in [-0.3, -0.25) is 9.78 Å². The highest BCUT2D eigenvalue weighted by molar-refractivity contribution is 6.33. The fourth-order valence-electron chi connectivity index (χ4n) is 3.00. The Bertz CT molecular complexity index is 1170. The van der Waals surface area contributed by atoms with Crippen LogP contribution in [-0.2, 0) is 11.2 Å². The number of anilines is 1. The third kappa shape index (κ3) is 3.44. The van der Waals surface area contributed by atoms with Crippen molar-refractivity contribution >= 4 is 29.0 Å². The second-order valence-corrected chi connectivity index (χ2v) is 6.76. The molecule has 1 amide bonds. The molecule has 1 N–H and O–H groups in total. The van der Waals surface area contributed by atoms with Crippen LogP contribution in [0.3, 0.4) is 0 Å². The number of aromatic nitrogens is 5. The molecule has 4 rings (SSSR count). The molecule has 140 valence electrons.